The van der Waals surface area contributed by atoms with Gasteiger partial charge in [0.05, 0.1) is 4.90 Å². The summed E-state index contributed by atoms with van der Waals surface area (Å²) in [6.07, 6.45) is 4.04. The molecule has 6 nitrogen and oxygen atoms in total. The molecular weight excluding hydrogens is 396 g/mol. The van der Waals surface area contributed by atoms with E-state index in [-0.39, 0.29) is 11.1 Å². The quantitative estimate of drug-likeness (QED) is 0.685. The van der Waals surface area contributed by atoms with Crippen molar-refractivity contribution in [2.24, 2.45) is 5.14 Å². The lowest BCUT2D eigenvalue weighted by Crippen LogP contribution is -2.30. The van der Waals surface area contributed by atoms with Gasteiger partial charge in [-0.1, -0.05) is 0 Å². The van der Waals surface area contributed by atoms with Gasteiger partial charge >= 0.3 is 0 Å². The molecule has 8 heteroatoms. The molecule has 0 amide bonds. The Hall–Kier alpha value is -1.58. The van der Waals surface area contributed by atoms with E-state index in [2.05, 4.69) is 4.90 Å². The Bertz CT molecular complexity index is 941. The summed E-state index contributed by atoms with van der Waals surface area (Å²) in [5.74, 6) is 1.31. The van der Waals surface area contributed by atoms with E-state index in [1.165, 1.54) is 11.0 Å². The van der Waals surface area contributed by atoms with Gasteiger partial charge in [0.2, 0.25) is 10.0 Å². The van der Waals surface area contributed by atoms with Crippen LogP contribution in [0.25, 0.3) is 0 Å². The highest BCUT2D eigenvalue weighted by molar-refractivity contribution is 7.98. The molecule has 0 aliphatic carbocycles. The van der Waals surface area contributed by atoms with Crippen LogP contribution in [0.4, 0.5) is 0 Å². The van der Waals surface area contributed by atoms with Crippen molar-refractivity contribution in [3.05, 3.63) is 47.5 Å². The smallest absolute Gasteiger partial charge is 0.238 e. The summed E-state index contributed by atoms with van der Waals surface area (Å²) in [4.78, 5) is 3.32. The van der Waals surface area contributed by atoms with E-state index < -0.39 is 10.0 Å². The van der Waals surface area contributed by atoms with E-state index in [1.54, 1.807) is 23.9 Å². The van der Waals surface area contributed by atoms with Crippen LogP contribution in [-0.4, -0.2) is 39.5 Å². The van der Waals surface area contributed by atoms with Gasteiger partial charge in [-0.15, -0.1) is 11.8 Å². The molecule has 1 aliphatic rings. The summed E-state index contributed by atoms with van der Waals surface area (Å²) in [5.41, 5.74) is 1.88. The fourth-order valence-electron chi connectivity index (χ4n) is 3.28. The third-order valence-electron chi connectivity index (χ3n) is 4.77. The van der Waals surface area contributed by atoms with E-state index in [0.29, 0.717) is 18.0 Å². The largest absolute Gasteiger partial charge is 0.457 e. The van der Waals surface area contributed by atoms with Crippen molar-refractivity contribution >= 4 is 21.8 Å². The highest BCUT2D eigenvalue weighted by Gasteiger charge is 2.22. The van der Waals surface area contributed by atoms with Crippen molar-refractivity contribution in [3.63, 3.8) is 0 Å². The normalized spacial score (nSPS) is 17.2. The first-order valence-electron chi connectivity index (χ1n) is 9.08. The topological polar surface area (TPSA) is 81.9 Å². The monoisotopic (exact) mass is 422 g/mol. The predicted molar refractivity (Wildman–Crippen MR) is 111 cm³/mol. The number of primary sulfonamides is 1. The first-order valence-corrected chi connectivity index (χ1v) is 11.8. The van der Waals surface area contributed by atoms with Crippen molar-refractivity contribution in [2.75, 3.05) is 19.9 Å². The van der Waals surface area contributed by atoms with E-state index in [9.17, 15) is 8.42 Å². The maximum absolute atomic E-state index is 11.8. The maximum atomic E-state index is 11.8. The summed E-state index contributed by atoms with van der Waals surface area (Å²) in [6, 6.07) is 10.6. The minimum Gasteiger partial charge on any atom is -0.457 e. The van der Waals surface area contributed by atoms with Crippen LogP contribution in [0, 0.1) is 6.92 Å². The van der Waals surface area contributed by atoms with Gasteiger partial charge in [0.25, 0.3) is 0 Å². The molecule has 0 bridgehead atoms. The van der Waals surface area contributed by atoms with Gasteiger partial charge in [0, 0.05) is 23.6 Å². The molecule has 1 atom stereocenters. The highest BCUT2D eigenvalue weighted by atomic mass is 32.2. The Kier molecular flexibility index (Phi) is 6.67. The maximum Gasteiger partial charge on any atom is 0.238 e. The average molecular weight is 423 g/mol. The second kappa shape index (κ2) is 8.84. The second-order valence-corrected chi connectivity index (χ2v) is 9.34. The van der Waals surface area contributed by atoms with Gasteiger partial charge < -0.3 is 9.47 Å². The molecule has 0 radical (unpaired) electrons. The number of aryl methyl sites for hydroxylation is 1. The Balaban J connectivity index is 1.91. The fourth-order valence-corrected chi connectivity index (χ4v) is 4.43. The van der Waals surface area contributed by atoms with Crippen molar-refractivity contribution < 1.29 is 17.9 Å². The fraction of sp³-hybridized carbons (Fsp3) is 0.400. The number of nitrogens with two attached hydrogens (primary N) is 1. The van der Waals surface area contributed by atoms with Crippen molar-refractivity contribution in [2.45, 2.75) is 42.3 Å². The summed E-state index contributed by atoms with van der Waals surface area (Å²) < 4.78 is 35.4. The number of ether oxygens (including phenoxy) is 2. The zero-order valence-electron chi connectivity index (χ0n) is 16.3. The molecule has 3 rings (SSSR count). The summed E-state index contributed by atoms with van der Waals surface area (Å²) in [5, 5.41) is 5.32. The molecule has 0 aromatic heterocycles. The Morgan fingerprint density at radius 1 is 1.29 bits per heavy atom. The van der Waals surface area contributed by atoms with Crippen LogP contribution >= 0.6 is 11.8 Å². The van der Waals surface area contributed by atoms with E-state index >= 15 is 0 Å². The standard InChI is InChI=1S/C20H26N2O4S2/c1-14-11-16(6-9-19(14)27-3)26-18-8-7-17(28(21,23)24)12-15(18)13-22(2)20-5-4-10-25-20/h6-9,11-12,20H,4-5,10,13H2,1-3H3,(H2,21,23,24)/t20-/m1/s1. The van der Waals surface area contributed by atoms with Crippen LogP contribution < -0.4 is 9.88 Å². The van der Waals surface area contributed by atoms with Gasteiger partial charge in [-0.3, -0.25) is 4.90 Å². The highest BCUT2D eigenvalue weighted by Crippen LogP contribution is 2.32. The van der Waals surface area contributed by atoms with E-state index in [1.807, 2.05) is 38.4 Å². The van der Waals surface area contributed by atoms with Crippen LogP contribution in [0.5, 0.6) is 11.5 Å². The molecule has 2 aromatic rings. The summed E-state index contributed by atoms with van der Waals surface area (Å²) in [7, 11) is -1.83. The number of nitrogens with zero attached hydrogens (tertiary/aromatic N) is 1. The van der Waals surface area contributed by atoms with Crippen LogP contribution in [0.15, 0.2) is 46.2 Å². The van der Waals surface area contributed by atoms with Crippen molar-refractivity contribution in [1.29, 1.82) is 0 Å². The molecule has 2 N–H and O–H groups in total. The molecule has 28 heavy (non-hydrogen) atoms. The van der Waals surface area contributed by atoms with Gasteiger partial charge in [-0.2, -0.15) is 0 Å². The second-order valence-electron chi connectivity index (χ2n) is 6.93. The minimum absolute atomic E-state index is 0.0223. The average Bonchev–Trinajstić information content (AvgIpc) is 3.17. The molecule has 1 heterocycles. The number of thioether (sulfide) groups is 1. The molecule has 0 unspecified atom stereocenters. The van der Waals surface area contributed by atoms with Crippen LogP contribution in [0.2, 0.25) is 0 Å². The summed E-state index contributed by atoms with van der Waals surface area (Å²) >= 11 is 1.68. The van der Waals surface area contributed by atoms with Crippen LogP contribution in [0.3, 0.4) is 0 Å². The lowest BCUT2D eigenvalue weighted by molar-refractivity contribution is -0.00940. The van der Waals surface area contributed by atoms with E-state index in [0.717, 1.165) is 30.6 Å². The molecule has 1 fully saturated rings. The minimum atomic E-state index is -3.79. The number of sulfonamides is 1. The van der Waals surface area contributed by atoms with E-state index in [4.69, 9.17) is 14.6 Å². The number of hydrogen-bond donors (Lipinski definition) is 1. The third-order valence-corrected chi connectivity index (χ3v) is 6.58. The zero-order valence-corrected chi connectivity index (χ0v) is 18.0. The molecule has 1 aliphatic heterocycles. The Morgan fingerprint density at radius 2 is 2.07 bits per heavy atom. The molecule has 0 saturated carbocycles. The molecule has 0 spiro atoms. The van der Waals surface area contributed by atoms with Crippen LogP contribution in [-0.2, 0) is 21.3 Å². The first kappa shape index (κ1) is 21.1. The van der Waals surface area contributed by atoms with Crippen LogP contribution in [0.1, 0.15) is 24.0 Å². The molecule has 152 valence electrons. The number of benzene rings is 2. The molecular formula is C20H26N2O4S2. The SMILES string of the molecule is CSc1ccc(Oc2ccc(S(N)(=O)=O)cc2CN(C)[C@H]2CCCO2)cc1C. The van der Waals surface area contributed by atoms with Gasteiger partial charge in [-0.05, 0) is 75.0 Å². The van der Waals surface area contributed by atoms with Crippen molar-refractivity contribution in [1.82, 2.24) is 4.90 Å². The van der Waals surface area contributed by atoms with Gasteiger partial charge in [0.15, 0.2) is 0 Å². The predicted octanol–water partition coefficient (Wildman–Crippen LogP) is 3.72. The zero-order chi connectivity index (χ0) is 20.3. The summed E-state index contributed by atoms with van der Waals surface area (Å²) in [6.45, 7) is 3.27. The lowest BCUT2D eigenvalue weighted by Gasteiger charge is -2.24. The first-order chi connectivity index (χ1) is 13.3. The Morgan fingerprint density at radius 3 is 2.68 bits per heavy atom. The third kappa shape index (κ3) is 5.07. The molecule has 2 aromatic carbocycles. The number of rotatable bonds is 7. The number of hydrogen-bond acceptors (Lipinski definition) is 6. The van der Waals surface area contributed by atoms with Gasteiger partial charge in [-0.25, -0.2) is 13.6 Å². The lowest BCUT2D eigenvalue weighted by atomic mass is 10.1. The van der Waals surface area contributed by atoms with Crippen molar-refractivity contribution in [3.8, 4) is 11.5 Å². The molecule has 1 saturated heterocycles. The van der Waals surface area contributed by atoms with Gasteiger partial charge in [0.1, 0.15) is 17.7 Å². The Labute approximate surface area is 171 Å².